The molecule has 0 fully saturated rings. The molecule has 0 aliphatic carbocycles. The minimum Gasteiger partial charge on any atom is -2.00 e. The Balaban J connectivity index is 0.000000853. The summed E-state index contributed by atoms with van der Waals surface area (Å²) < 4.78 is 0. The fourth-order valence-electron chi connectivity index (χ4n) is 1.87. The summed E-state index contributed by atoms with van der Waals surface area (Å²) in [7, 11) is 3.60. The zero-order valence-electron chi connectivity index (χ0n) is 8.86. The number of aromatic nitrogens is 1. The van der Waals surface area contributed by atoms with Gasteiger partial charge in [0.1, 0.15) is 0 Å². The molecule has 1 aromatic heterocycles. The van der Waals surface area contributed by atoms with Crippen LogP contribution in [0.2, 0.25) is 0 Å². The van der Waals surface area contributed by atoms with Gasteiger partial charge in [-0.25, -0.2) is 0 Å². The fraction of sp³-hybridized carbons (Fsp3) is 0. The Hall–Kier alpha value is -0.909. The van der Waals surface area contributed by atoms with E-state index >= 15 is 0 Å². The maximum atomic E-state index is 3.60. The number of aromatic amines is 1. The largest absolute Gasteiger partial charge is 4.00 e. The number of H-pyrrole nitrogens is 1. The first-order chi connectivity index (χ1) is 6.86. The molecule has 0 atom stereocenters. The molecule has 17 heavy (non-hydrogen) atoms. The number of rotatable bonds is 0. The van der Waals surface area contributed by atoms with Crippen LogP contribution in [0.1, 0.15) is 0 Å². The fourth-order valence-corrected chi connectivity index (χ4v) is 2.17. The number of para-hydroxylation sites is 2. The van der Waals surface area contributed by atoms with Crippen LogP contribution in [-0.2, 0) is 32.7 Å². The van der Waals surface area contributed by atoms with E-state index in [4.69, 9.17) is 0 Å². The standard InChI is InChI=1S/C12H8NSi.2O.Ti/c14-11-7-3-5-9-8-4-1-2-6-10(8)13-12(9)11;;;/h1-7,13H;;;/q;2*-2;+4. The summed E-state index contributed by atoms with van der Waals surface area (Å²) in [6.07, 6.45) is 0. The van der Waals surface area contributed by atoms with Crippen molar-refractivity contribution in [3.05, 3.63) is 42.5 Å². The van der Waals surface area contributed by atoms with Crippen molar-refractivity contribution in [2.45, 2.75) is 0 Å². The minimum absolute atomic E-state index is 0. The van der Waals surface area contributed by atoms with Crippen LogP contribution in [0.3, 0.4) is 0 Å². The van der Waals surface area contributed by atoms with Gasteiger partial charge in [-0.1, -0.05) is 36.4 Å². The van der Waals surface area contributed by atoms with Crippen LogP contribution in [0.25, 0.3) is 21.8 Å². The SMILES string of the molecule is [O-2].[O-2].[Si]c1cccc2c1[nH]c1ccccc12.[Ti+4]. The third kappa shape index (κ3) is 2.51. The molecular weight excluding hydrogens is 266 g/mol. The molecule has 1 N–H and O–H groups in total. The molecule has 0 aliphatic heterocycles. The van der Waals surface area contributed by atoms with Crippen molar-refractivity contribution in [1.29, 1.82) is 0 Å². The van der Waals surface area contributed by atoms with E-state index in [1.807, 2.05) is 6.07 Å². The van der Waals surface area contributed by atoms with Gasteiger partial charge in [0.25, 0.3) is 0 Å². The minimum atomic E-state index is 0. The summed E-state index contributed by atoms with van der Waals surface area (Å²) in [5.41, 5.74) is 2.36. The Labute approximate surface area is 117 Å². The normalized spacial score (nSPS) is 9.24. The number of hydrogen-bond acceptors (Lipinski definition) is 0. The Kier molecular flexibility index (Phi) is 5.81. The first-order valence-electron chi connectivity index (χ1n) is 4.57. The Bertz CT molecular complexity index is 624. The molecule has 81 valence electrons. The number of benzene rings is 2. The van der Waals surface area contributed by atoms with Gasteiger partial charge in [0.05, 0.1) is 10.2 Å². The monoisotopic (exact) mass is 274 g/mol. The van der Waals surface area contributed by atoms with Gasteiger partial charge in [-0.3, -0.25) is 0 Å². The van der Waals surface area contributed by atoms with Crippen molar-refractivity contribution in [1.82, 2.24) is 4.98 Å². The topological polar surface area (TPSA) is 72.8 Å². The molecule has 0 amide bonds. The average Bonchev–Trinajstić information content (AvgIpc) is 2.59. The number of fused-ring (bicyclic) bond motifs is 3. The summed E-state index contributed by atoms with van der Waals surface area (Å²) in [5, 5.41) is 3.66. The van der Waals surface area contributed by atoms with Gasteiger partial charge < -0.3 is 15.9 Å². The van der Waals surface area contributed by atoms with Crippen LogP contribution < -0.4 is 5.19 Å². The molecule has 0 spiro atoms. The van der Waals surface area contributed by atoms with Gasteiger partial charge in [0.2, 0.25) is 0 Å². The molecule has 0 bridgehead atoms. The van der Waals surface area contributed by atoms with Gasteiger partial charge in [0.15, 0.2) is 0 Å². The van der Waals surface area contributed by atoms with E-state index in [2.05, 4.69) is 51.6 Å². The Morgan fingerprint density at radius 3 is 2.24 bits per heavy atom. The molecule has 0 unspecified atom stereocenters. The molecule has 0 saturated carbocycles. The first-order valence-corrected chi connectivity index (χ1v) is 5.07. The van der Waals surface area contributed by atoms with Crippen molar-refractivity contribution in [3.8, 4) is 0 Å². The van der Waals surface area contributed by atoms with E-state index in [-0.39, 0.29) is 32.7 Å². The number of nitrogens with one attached hydrogen (secondary N) is 1. The second-order valence-corrected chi connectivity index (χ2v) is 3.94. The van der Waals surface area contributed by atoms with E-state index in [1.54, 1.807) is 0 Å². The van der Waals surface area contributed by atoms with Crippen LogP contribution >= 0.6 is 0 Å². The zero-order chi connectivity index (χ0) is 9.54. The molecule has 2 aromatic carbocycles. The van der Waals surface area contributed by atoms with Crippen molar-refractivity contribution >= 4 is 37.2 Å². The quantitative estimate of drug-likeness (QED) is 0.608. The van der Waals surface area contributed by atoms with Gasteiger partial charge in [0, 0.05) is 21.8 Å². The predicted molar refractivity (Wildman–Crippen MR) is 62.6 cm³/mol. The van der Waals surface area contributed by atoms with Crippen molar-refractivity contribution < 1.29 is 32.7 Å². The third-order valence-electron chi connectivity index (χ3n) is 2.54. The second kappa shape index (κ2) is 6.14. The average molecular weight is 274 g/mol. The van der Waals surface area contributed by atoms with E-state index in [1.165, 1.54) is 21.8 Å². The van der Waals surface area contributed by atoms with Crippen LogP contribution in [0.15, 0.2) is 42.5 Å². The van der Waals surface area contributed by atoms with E-state index in [0.717, 1.165) is 5.19 Å². The maximum absolute atomic E-state index is 3.60. The molecule has 3 rings (SSSR count). The maximum Gasteiger partial charge on any atom is 4.00 e. The molecule has 1 heterocycles. The summed E-state index contributed by atoms with van der Waals surface area (Å²) in [5.74, 6) is 0. The molecule has 5 heteroatoms. The molecule has 0 aliphatic rings. The first kappa shape index (κ1) is 16.1. The van der Waals surface area contributed by atoms with Gasteiger partial charge in [-0.05, 0) is 11.3 Å². The molecule has 3 radical (unpaired) electrons. The smallest absolute Gasteiger partial charge is 2.00 e. The van der Waals surface area contributed by atoms with Crippen molar-refractivity contribution in [2.75, 3.05) is 0 Å². The van der Waals surface area contributed by atoms with Crippen LogP contribution in [0, 0.1) is 0 Å². The van der Waals surface area contributed by atoms with Gasteiger partial charge >= 0.3 is 21.7 Å². The van der Waals surface area contributed by atoms with Crippen LogP contribution in [-0.4, -0.2) is 15.2 Å². The summed E-state index contributed by atoms with van der Waals surface area (Å²) in [6, 6.07) is 14.6. The van der Waals surface area contributed by atoms with Gasteiger partial charge in [-0.15, -0.1) is 0 Å². The van der Waals surface area contributed by atoms with E-state index < -0.39 is 0 Å². The zero-order valence-corrected chi connectivity index (χ0v) is 11.4. The second-order valence-electron chi connectivity index (χ2n) is 3.40. The summed E-state index contributed by atoms with van der Waals surface area (Å²) in [4.78, 5) is 3.40. The van der Waals surface area contributed by atoms with Crippen molar-refractivity contribution in [3.63, 3.8) is 0 Å². The van der Waals surface area contributed by atoms with Crippen LogP contribution in [0.5, 0.6) is 0 Å². The van der Waals surface area contributed by atoms with Crippen LogP contribution in [0.4, 0.5) is 0 Å². The summed E-state index contributed by atoms with van der Waals surface area (Å²) in [6.45, 7) is 0. The Morgan fingerprint density at radius 1 is 0.824 bits per heavy atom. The predicted octanol–water partition coefficient (Wildman–Crippen LogP) is 1.87. The van der Waals surface area contributed by atoms with Crippen molar-refractivity contribution in [2.24, 2.45) is 0 Å². The van der Waals surface area contributed by atoms with E-state index in [0.29, 0.717) is 0 Å². The third-order valence-corrected chi connectivity index (χ3v) is 2.96. The van der Waals surface area contributed by atoms with E-state index in [9.17, 15) is 0 Å². The summed E-state index contributed by atoms with van der Waals surface area (Å²) >= 11 is 0. The Morgan fingerprint density at radius 2 is 1.47 bits per heavy atom. The molecule has 0 saturated heterocycles. The number of hydrogen-bond donors (Lipinski definition) is 1. The molecule has 3 nitrogen and oxygen atoms in total. The van der Waals surface area contributed by atoms with Gasteiger partial charge in [-0.2, -0.15) is 0 Å². The molecular formula is C12H8NO2SiTi. The molecule has 3 aromatic rings.